The van der Waals surface area contributed by atoms with Crippen molar-refractivity contribution in [2.24, 2.45) is 5.92 Å². The first-order valence-corrected chi connectivity index (χ1v) is 8.39. The normalized spacial score (nSPS) is 20.4. The topological polar surface area (TPSA) is 116 Å². The predicted molar refractivity (Wildman–Crippen MR) is 88.1 cm³/mol. The Morgan fingerprint density at radius 1 is 1.48 bits per heavy atom. The molecule has 0 bridgehead atoms. The highest BCUT2D eigenvalue weighted by Crippen LogP contribution is 2.24. The van der Waals surface area contributed by atoms with Crippen LogP contribution in [0.4, 0.5) is 5.82 Å². The monoisotopic (exact) mass is 347 g/mol. The SMILES string of the molecule is Cc1onc(C(=O)NC2CCCCC2C)c1Cn1ccc([N+](=O)[O-])n1. The first kappa shape index (κ1) is 17.1. The second-order valence-electron chi connectivity index (χ2n) is 6.54. The molecule has 3 rings (SSSR count). The van der Waals surface area contributed by atoms with E-state index in [2.05, 4.69) is 22.5 Å². The zero-order chi connectivity index (χ0) is 18.0. The van der Waals surface area contributed by atoms with Crippen LogP contribution in [0.3, 0.4) is 0 Å². The maximum Gasteiger partial charge on any atom is 0.389 e. The maximum absolute atomic E-state index is 12.6. The molecule has 1 aliphatic rings. The molecule has 2 heterocycles. The molecule has 25 heavy (non-hydrogen) atoms. The Kier molecular flexibility index (Phi) is 4.82. The van der Waals surface area contributed by atoms with Gasteiger partial charge in [0.15, 0.2) is 5.69 Å². The molecule has 9 heteroatoms. The third-order valence-electron chi connectivity index (χ3n) is 4.76. The van der Waals surface area contributed by atoms with E-state index in [4.69, 9.17) is 4.52 Å². The van der Waals surface area contributed by atoms with Gasteiger partial charge in [0, 0.05) is 6.04 Å². The second kappa shape index (κ2) is 7.04. The minimum Gasteiger partial charge on any atom is -0.361 e. The van der Waals surface area contributed by atoms with Crippen molar-refractivity contribution < 1.29 is 14.2 Å². The van der Waals surface area contributed by atoms with Gasteiger partial charge in [-0.1, -0.05) is 24.9 Å². The zero-order valence-electron chi connectivity index (χ0n) is 14.3. The fraction of sp³-hybridized carbons (Fsp3) is 0.562. The molecule has 1 fully saturated rings. The number of aromatic nitrogens is 3. The molecule has 1 saturated carbocycles. The van der Waals surface area contributed by atoms with Crippen LogP contribution >= 0.6 is 0 Å². The summed E-state index contributed by atoms with van der Waals surface area (Å²) in [5.41, 5.74) is 0.799. The molecule has 0 aliphatic heterocycles. The van der Waals surface area contributed by atoms with Crippen LogP contribution in [0.1, 0.15) is 54.4 Å². The molecule has 1 N–H and O–H groups in total. The van der Waals surface area contributed by atoms with Crippen molar-refractivity contribution in [3.05, 3.63) is 39.4 Å². The fourth-order valence-corrected chi connectivity index (χ4v) is 3.22. The summed E-state index contributed by atoms with van der Waals surface area (Å²) in [6, 6.07) is 1.45. The van der Waals surface area contributed by atoms with Crippen LogP contribution < -0.4 is 5.32 Å². The predicted octanol–water partition coefficient (Wildman–Crippen LogP) is 2.44. The molecular weight excluding hydrogens is 326 g/mol. The van der Waals surface area contributed by atoms with E-state index in [1.165, 1.54) is 23.4 Å². The highest BCUT2D eigenvalue weighted by atomic mass is 16.6. The molecule has 0 spiro atoms. The van der Waals surface area contributed by atoms with Gasteiger partial charge < -0.3 is 20.0 Å². The van der Waals surface area contributed by atoms with E-state index in [9.17, 15) is 14.9 Å². The van der Waals surface area contributed by atoms with Crippen LogP contribution in [0.2, 0.25) is 0 Å². The smallest absolute Gasteiger partial charge is 0.361 e. The highest BCUT2D eigenvalue weighted by molar-refractivity contribution is 5.94. The summed E-state index contributed by atoms with van der Waals surface area (Å²) in [4.78, 5) is 22.8. The lowest BCUT2D eigenvalue weighted by atomic mass is 9.86. The number of hydrogen-bond donors (Lipinski definition) is 1. The lowest BCUT2D eigenvalue weighted by Crippen LogP contribution is -2.41. The quantitative estimate of drug-likeness (QED) is 0.656. The molecule has 0 radical (unpaired) electrons. The van der Waals surface area contributed by atoms with E-state index in [1.54, 1.807) is 6.92 Å². The number of nitro groups is 1. The van der Waals surface area contributed by atoms with Gasteiger partial charge in [-0.05, 0) is 30.6 Å². The highest BCUT2D eigenvalue weighted by Gasteiger charge is 2.27. The van der Waals surface area contributed by atoms with Crippen molar-refractivity contribution in [2.75, 3.05) is 0 Å². The van der Waals surface area contributed by atoms with Gasteiger partial charge in [0.2, 0.25) is 0 Å². The zero-order valence-corrected chi connectivity index (χ0v) is 14.3. The van der Waals surface area contributed by atoms with Gasteiger partial charge >= 0.3 is 5.82 Å². The van der Waals surface area contributed by atoms with Crippen LogP contribution in [-0.4, -0.2) is 31.8 Å². The summed E-state index contributed by atoms with van der Waals surface area (Å²) < 4.78 is 6.57. The molecule has 2 aromatic heterocycles. The molecular formula is C16H21N5O4. The molecule has 1 amide bonds. The molecule has 2 atom stereocenters. The van der Waals surface area contributed by atoms with E-state index in [0.29, 0.717) is 17.2 Å². The Balaban J connectivity index is 1.76. The summed E-state index contributed by atoms with van der Waals surface area (Å²) >= 11 is 0. The lowest BCUT2D eigenvalue weighted by molar-refractivity contribution is -0.389. The number of carbonyl (C=O) groups excluding carboxylic acids is 1. The molecule has 2 unspecified atom stereocenters. The number of aryl methyl sites for hydroxylation is 1. The summed E-state index contributed by atoms with van der Waals surface area (Å²) in [6.45, 7) is 4.04. The first-order valence-electron chi connectivity index (χ1n) is 8.39. The van der Waals surface area contributed by atoms with Gasteiger partial charge in [-0.3, -0.25) is 4.79 Å². The first-order chi connectivity index (χ1) is 12.0. The van der Waals surface area contributed by atoms with Crippen LogP contribution in [0.5, 0.6) is 0 Å². The summed E-state index contributed by atoms with van der Waals surface area (Å²) in [5, 5.41) is 21.5. The Hall–Kier alpha value is -2.71. The van der Waals surface area contributed by atoms with Gasteiger partial charge in [-0.15, -0.1) is 0 Å². The van der Waals surface area contributed by atoms with E-state index in [-0.39, 0.29) is 30.0 Å². The summed E-state index contributed by atoms with van der Waals surface area (Å²) in [5.74, 6) is 0.423. The van der Waals surface area contributed by atoms with Crippen molar-refractivity contribution in [3.63, 3.8) is 0 Å². The van der Waals surface area contributed by atoms with Crippen LogP contribution in [0.15, 0.2) is 16.8 Å². The molecule has 1 aliphatic carbocycles. The third kappa shape index (κ3) is 3.70. The minimum atomic E-state index is -0.560. The number of amides is 1. The Labute approximate surface area is 144 Å². The van der Waals surface area contributed by atoms with Crippen molar-refractivity contribution in [3.8, 4) is 0 Å². The van der Waals surface area contributed by atoms with E-state index < -0.39 is 4.92 Å². The van der Waals surface area contributed by atoms with Crippen molar-refractivity contribution in [1.29, 1.82) is 0 Å². The molecule has 2 aromatic rings. The van der Waals surface area contributed by atoms with E-state index in [0.717, 1.165) is 19.3 Å². The Morgan fingerprint density at radius 3 is 2.92 bits per heavy atom. The number of nitrogens with zero attached hydrogens (tertiary/aromatic N) is 4. The summed E-state index contributed by atoms with van der Waals surface area (Å²) in [6.07, 6.45) is 5.86. The van der Waals surface area contributed by atoms with Gasteiger partial charge in [0.1, 0.15) is 5.76 Å². The van der Waals surface area contributed by atoms with Gasteiger partial charge in [0.05, 0.1) is 29.5 Å². The fourth-order valence-electron chi connectivity index (χ4n) is 3.22. The van der Waals surface area contributed by atoms with E-state index in [1.807, 2.05) is 0 Å². The van der Waals surface area contributed by atoms with Crippen LogP contribution in [0.25, 0.3) is 0 Å². The van der Waals surface area contributed by atoms with Crippen LogP contribution in [-0.2, 0) is 6.54 Å². The molecule has 9 nitrogen and oxygen atoms in total. The Morgan fingerprint density at radius 2 is 2.24 bits per heavy atom. The third-order valence-corrected chi connectivity index (χ3v) is 4.76. The molecule has 134 valence electrons. The number of nitrogens with one attached hydrogen (secondary N) is 1. The second-order valence-corrected chi connectivity index (χ2v) is 6.54. The van der Waals surface area contributed by atoms with Gasteiger partial charge in [-0.25, -0.2) is 0 Å². The number of hydrogen-bond acceptors (Lipinski definition) is 6. The molecule has 0 aromatic carbocycles. The average molecular weight is 347 g/mol. The van der Waals surface area contributed by atoms with Gasteiger partial charge in [0.25, 0.3) is 5.91 Å². The largest absolute Gasteiger partial charge is 0.389 e. The maximum atomic E-state index is 12.6. The number of rotatable bonds is 5. The molecule has 0 saturated heterocycles. The Bertz CT molecular complexity index is 781. The summed E-state index contributed by atoms with van der Waals surface area (Å²) in [7, 11) is 0. The van der Waals surface area contributed by atoms with Crippen LogP contribution in [0, 0.1) is 23.0 Å². The van der Waals surface area contributed by atoms with Crippen molar-refractivity contribution in [1.82, 2.24) is 20.3 Å². The standard InChI is InChI=1S/C16H21N5O4/c1-10-5-3-4-6-13(10)17-16(22)15-12(11(2)25-19-15)9-20-8-7-14(18-20)21(23)24/h7-8,10,13H,3-6,9H2,1-2H3,(H,17,22). The number of carbonyl (C=O) groups is 1. The van der Waals surface area contributed by atoms with Gasteiger partial charge in [-0.2, -0.15) is 4.68 Å². The van der Waals surface area contributed by atoms with Crippen molar-refractivity contribution in [2.45, 2.75) is 52.1 Å². The minimum absolute atomic E-state index is 0.136. The van der Waals surface area contributed by atoms with E-state index >= 15 is 0 Å². The average Bonchev–Trinajstić information content (AvgIpc) is 3.18. The van der Waals surface area contributed by atoms with Crippen molar-refractivity contribution >= 4 is 11.7 Å². The lowest BCUT2D eigenvalue weighted by Gasteiger charge is -2.29.